The van der Waals surface area contributed by atoms with E-state index >= 15 is 0 Å². The van der Waals surface area contributed by atoms with Crippen molar-refractivity contribution >= 4 is 17.2 Å². The number of carbonyl (C=O) groups excluding carboxylic acids is 1. The SMILES string of the molecule is Cc1nc(C)c(C(=O)NCCCn2nc(-c3ccncc3)ccc2=O)s1. The topological polar surface area (TPSA) is 89.8 Å². The molecule has 0 unspecified atom stereocenters. The van der Waals surface area contributed by atoms with Crippen LogP contribution in [0.5, 0.6) is 0 Å². The van der Waals surface area contributed by atoms with Crippen LogP contribution in [0.1, 0.15) is 26.8 Å². The second-order valence-electron chi connectivity index (χ2n) is 5.77. The van der Waals surface area contributed by atoms with Gasteiger partial charge in [-0.25, -0.2) is 9.67 Å². The molecule has 1 N–H and O–H groups in total. The number of rotatable bonds is 6. The minimum absolute atomic E-state index is 0.126. The van der Waals surface area contributed by atoms with Gasteiger partial charge in [-0.05, 0) is 38.5 Å². The van der Waals surface area contributed by atoms with Gasteiger partial charge in [-0.1, -0.05) is 0 Å². The number of aromatic nitrogens is 4. The lowest BCUT2D eigenvalue weighted by Crippen LogP contribution is -2.28. The van der Waals surface area contributed by atoms with Gasteiger partial charge in [0.15, 0.2) is 0 Å². The maximum Gasteiger partial charge on any atom is 0.266 e. The van der Waals surface area contributed by atoms with E-state index < -0.39 is 0 Å². The number of thiazole rings is 1. The molecule has 0 spiro atoms. The van der Waals surface area contributed by atoms with E-state index in [-0.39, 0.29) is 11.5 Å². The molecule has 0 aromatic carbocycles. The van der Waals surface area contributed by atoms with Crippen LogP contribution in [-0.2, 0) is 6.54 Å². The van der Waals surface area contributed by atoms with Crippen molar-refractivity contribution in [2.45, 2.75) is 26.8 Å². The summed E-state index contributed by atoms with van der Waals surface area (Å²) in [5, 5.41) is 8.13. The van der Waals surface area contributed by atoms with E-state index in [0.29, 0.717) is 30.1 Å². The molecule has 3 aromatic heterocycles. The molecule has 8 heteroatoms. The molecule has 3 aromatic rings. The third-order valence-electron chi connectivity index (χ3n) is 3.78. The van der Waals surface area contributed by atoms with Crippen molar-refractivity contribution in [3.05, 3.63) is 62.6 Å². The van der Waals surface area contributed by atoms with Crippen molar-refractivity contribution in [2.24, 2.45) is 0 Å². The summed E-state index contributed by atoms with van der Waals surface area (Å²) in [5.74, 6) is -0.126. The Morgan fingerprint density at radius 2 is 1.96 bits per heavy atom. The fourth-order valence-electron chi connectivity index (χ4n) is 2.54. The van der Waals surface area contributed by atoms with Gasteiger partial charge in [-0.3, -0.25) is 14.6 Å². The first-order chi connectivity index (χ1) is 12.5. The number of pyridine rings is 1. The molecule has 0 radical (unpaired) electrons. The van der Waals surface area contributed by atoms with Gasteiger partial charge >= 0.3 is 0 Å². The van der Waals surface area contributed by atoms with Gasteiger partial charge in [0, 0.05) is 37.1 Å². The lowest BCUT2D eigenvalue weighted by Gasteiger charge is -2.08. The molecule has 0 bridgehead atoms. The third-order valence-corrected chi connectivity index (χ3v) is 4.86. The van der Waals surface area contributed by atoms with Crippen molar-refractivity contribution in [1.82, 2.24) is 25.1 Å². The quantitative estimate of drug-likeness (QED) is 0.673. The van der Waals surface area contributed by atoms with Gasteiger partial charge in [-0.15, -0.1) is 11.3 Å². The lowest BCUT2D eigenvalue weighted by atomic mass is 10.2. The first-order valence-electron chi connectivity index (χ1n) is 8.25. The van der Waals surface area contributed by atoms with Crippen LogP contribution in [0, 0.1) is 13.8 Å². The van der Waals surface area contributed by atoms with E-state index in [9.17, 15) is 9.59 Å². The maximum atomic E-state index is 12.2. The Balaban J connectivity index is 1.59. The lowest BCUT2D eigenvalue weighted by molar-refractivity contribution is 0.0956. The van der Waals surface area contributed by atoms with Crippen LogP contribution in [-0.4, -0.2) is 32.2 Å². The van der Waals surface area contributed by atoms with Crippen LogP contribution in [0.3, 0.4) is 0 Å². The zero-order valence-corrected chi connectivity index (χ0v) is 15.4. The molecular weight excluding hydrogens is 350 g/mol. The predicted molar refractivity (Wildman–Crippen MR) is 100 cm³/mol. The van der Waals surface area contributed by atoms with Crippen LogP contribution in [0.15, 0.2) is 41.5 Å². The Labute approximate surface area is 154 Å². The van der Waals surface area contributed by atoms with Crippen LogP contribution in [0.2, 0.25) is 0 Å². The summed E-state index contributed by atoms with van der Waals surface area (Å²) < 4.78 is 1.42. The van der Waals surface area contributed by atoms with E-state index in [1.807, 2.05) is 26.0 Å². The molecule has 26 heavy (non-hydrogen) atoms. The van der Waals surface area contributed by atoms with E-state index in [0.717, 1.165) is 16.3 Å². The Bertz CT molecular complexity index is 965. The highest BCUT2D eigenvalue weighted by atomic mass is 32.1. The van der Waals surface area contributed by atoms with Gasteiger partial charge in [-0.2, -0.15) is 5.10 Å². The number of hydrogen-bond donors (Lipinski definition) is 1. The molecule has 0 saturated carbocycles. The molecule has 0 fully saturated rings. The number of carbonyl (C=O) groups is 1. The zero-order chi connectivity index (χ0) is 18.5. The Morgan fingerprint density at radius 1 is 1.19 bits per heavy atom. The fourth-order valence-corrected chi connectivity index (χ4v) is 3.37. The molecule has 3 heterocycles. The normalized spacial score (nSPS) is 10.7. The maximum absolute atomic E-state index is 12.2. The Hall–Kier alpha value is -2.87. The van der Waals surface area contributed by atoms with Crippen molar-refractivity contribution < 1.29 is 4.79 Å². The highest BCUT2D eigenvalue weighted by molar-refractivity contribution is 7.13. The standard InChI is InChI=1S/C18H19N5O2S/c1-12-17(26-13(2)21-12)18(25)20-8-3-11-23-16(24)5-4-15(22-23)14-6-9-19-10-7-14/h4-7,9-10H,3,8,11H2,1-2H3,(H,20,25). The van der Waals surface area contributed by atoms with Gasteiger partial charge in [0.05, 0.1) is 16.4 Å². The molecule has 0 aliphatic carbocycles. The van der Waals surface area contributed by atoms with Crippen LogP contribution in [0.25, 0.3) is 11.3 Å². The molecule has 0 aliphatic rings. The van der Waals surface area contributed by atoms with Gasteiger partial charge < -0.3 is 5.32 Å². The number of aryl methyl sites for hydroxylation is 3. The smallest absolute Gasteiger partial charge is 0.266 e. The van der Waals surface area contributed by atoms with Crippen LogP contribution in [0.4, 0.5) is 0 Å². The van der Waals surface area contributed by atoms with Crippen LogP contribution < -0.4 is 10.9 Å². The fraction of sp³-hybridized carbons (Fsp3) is 0.278. The summed E-state index contributed by atoms with van der Waals surface area (Å²) in [6, 6.07) is 6.89. The first kappa shape index (κ1) is 17.9. The van der Waals surface area contributed by atoms with Crippen molar-refractivity contribution in [3.8, 4) is 11.3 Å². The third kappa shape index (κ3) is 4.20. The molecule has 7 nitrogen and oxygen atoms in total. The molecule has 134 valence electrons. The summed E-state index contributed by atoms with van der Waals surface area (Å²) in [6.45, 7) is 4.59. The predicted octanol–water partition coefficient (Wildman–Crippen LogP) is 2.20. The summed E-state index contributed by atoms with van der Waals surface area (Å²) in [7, 11) is 0. The number of hydrogen-bond acceptors (Lipinski definition) is 6. The summed E-state index contributed by atoms with van der Waals surface area (Å²) in [5.41, 5.74) is 2.20. The Kier molecular flexibility index (Phi) is 5.52. The van der Waals surface area contributed by atoms with E-state index in [4.69, 9.17) is 0 Å². The molecular formula is C18H19N5O2S. The molecule has 1 amide bonds. The minimum atomic E-state index is -0.164. The summed E-state index contributed by atoms with van der Waals surface area (Å²) in [4.78, 5) is 33.0. The first-order valence-corrected chi connectivity index (χ1v) is 9.07. The monoisotopic (exact) mass is 369 g/mol. The highest BCUT2D eigenvalue weighted by Gasteiger charge is 2.13. The summed E-state index contributed by atoms with van der Waals surface area (Å²) >= 11 is 1.38. The largest absolute Gasteiger partial charge is 0.351 e. The second kappa shape index (κ2) is 8.01. The van der Waals surface area contributed by atoms with Gasteiger partial charge in [0.1, 0.15) is 4.88 Å². The molecule has 0 aliphatic heterocycles. The van der Waals surface area contributed by atoms with E-state index in [1.54, 1.807) is 18.5 Å². The average molecular weight is 369 g/mol. The molecule has 0 atom stereocenters. The van der Waals surface area contributed by atoms with Crippen molar-refractivity contribution in [3.63, 3.8) is 0 Å². The van der Waals surface area contributed by atoms with E-state index in [2.05, 4.69) is 20.4 Å². The number of nitrogens with zero attached hydrogens (tertiary/aromatic N) is 4. The Morgan fingerprint density at radius 3 is 2.65 bits per heavy atom. The van der Waals surface area contributed by atoms with E-state index in [1.165, 1.54) is 22.1 Å². The molecule has 3 rings (SSSR count). The van der Waals surface area contributed by atoms with Crippen molar-refractivity contribution in [1.29, 1.82) is 0 Å². The summed E-state index contributed by atoms with van der Waals surface area (Å²) in [6.07, 6.45) is 3.98. The highest BCUT2D eigenvalue weighted by Crippen LogP contribution is 2.16. The van der Waals surface area contributed by atoms with Crippen LogP contribution >= 0.6 is 11.3 Å². The van der Waals surface area contributed by atoms with Gasteiger partial charge in [0.25, 0.3) is 11.5 Å². The minimum Gasteiger partial charge on any atom is -0.351 e. The zero-order valence-electron chi connectivity index (χ0n) is 14.6. The number of nitrogens with one attached hydrogen (secondary N) is 1. The van der Waals surface area contributed by atoms with Gasteiger partial charge in [0.2, 0.25) is 0 Å². The van der Waals surface area contributed by atoms with Crippen molar-refractivity contribution in [2.75, 3.05) is 6.54 Å². The molecule has 0 saturated heterocycles. The average Bonchev–Trinajstić information content (AvgIpc) is 2.99. The second-order valence-corrected chi connectivity index (χ2v) is 6.98. The number of amides is 1.